The summed E-state index contributed by atoms with van der Waals surface area (Å²) in [4.78, 5) is 38.2. The summed E-state index contributed by atoms with van der Waals surface area (Å²) in [6.07, 6.45) is 87.7. The van der Waals surface area contributed by atoms with Gasteiger partial charge in [-0.3, -0.25) is 14.4 Å². The Morgan fingerprint density at radius 2 is 0.500 bits per heavy atom. The molecule has 450 valence electrons. The van der Waals surface area contributed by atoms with Crippen molar-refractivity contribution in [2.75, 3.05) is 13.2 Å². The van der Waals surface area contributed by atoms with Gasteiger partial charge in [-0.2, -0.15) is 0 Å². The van der Waals surface area contributed by atoms with Gasteiger partial charge in [-0.05, 0) is 70.6 Å². The van der Waals surface area contributed by atoms with Gasteiger partial charge in [0, 0.05) is 19.3 Å². The van der Waals surface area contributed by atoms with Gasteiger partial charge in [0.15, 0.2) is 6.10 Å². The fourth-order valence-electron chi connectivity index (χ4n) is 9.67. The number of unbranched alkanes of at least 4 members (excludes halogenated alkanes) is 36. The topological polar surface area (TPSA) is 78.9 Å². The van der Waals surface area contributed by atoms with Crippen molar-refractivity contribution in [1.82, 2.24) is 0 Å². The van der Waals surface area contributed by atoms with Crippen molar-refractivity contribution in [3.8, 4) is 0 Å². The Labute approximate surface area is 484 Å². The molecular weight excluding hydrogens is 961 g/mol. The summed E-state index contributed by atoms with van der Waals surface area (Å²) in [6.45, 7) is 6.51. The van der Waals surface area contributed by atoms with Crippen molar-refractivity contribution in [1.29, 1.82) is 0 Å². The summed E-state index contributed by atoms with van der Waals surface area (Å²) in [6, 6.07) is 0. The molecule has 0 aromatic carbocycles. The highest BCUT2D eigenvalue weighted by Gasteiger charge is 2.19. The van der Waals surface area contributed by atoms with Gasteiger partial charge >= 0.3 is 17.9 Å². The third-order valence-electron chi connectivity index (χ3n) is 14.7. The van der Waals surface area contributed by atoms with Crippen LogP contribution in [0, 0.1) is 0 Å². The molecule has 0 N–H and O–H groups in total. The number of carbonyl (C=O) groups excluding carboxylic acids is 3. The Kier molecular flexibility index (Phi) is 63.2. The Morgan fingerprint density at radius 3 is 0.769 bits per heavy atom. The second-order valence-corrected chi connectivity index (χ2v) is 22.4. The van der Waals surface area contributed by atoms with Crippen LogP contribution in [-0.2, 0) is 28.6 Å². The number of hydrogen-bond donors (Lipinski definition) is 0. The summed E-state index contributed by atoms with van der Waals surface area (Å²) in [5, 5.41) is 0. The zero-order chi connectivity index (χ0) is 56.4. The molecule has 0 aromatic heterocycles. The van der Waals surface area contributed by atoms with E-state index in [2.05, 4.69) is 106 Å². The molecule has 0 aliphatic rings. The first-order chi connectivity index (χ1) is 38.5. The molecule has 6 heteroatoms. The van der Waals surface area contributed by atoms with Crippen LogP contribution >= 0.6 is 0 Å². The van der Waals surface area contributed by atoms with Crippen molar-refractivity contribution in [2.24, 2.45) is 0 Å². The van der Waals surface area contributed by atoms with Crippen LogP contribution in [0.2, 0.25) is 0 Å². The van der Waals surface area contributed by atoms with Crippen LogP contribution in [0.15, 0.2) is 85.1 Å². The minimum Gasteiger partial charge on any atom is -0.462 e. The minimum absolute atomic E-state index is 0.0958. The number of esters is 3. The van der Waals surface area contributed by atoms with Crippen LogP contribution in [0.1, 0.15) is 335 Å². The Morgan fingerprint density at radius 1 is 0.269 bits per heavy atom. The second kappa shape index (κ2) is 66.1. The summed E-state index contributed by atoms with van der Waals surface area (Å²) >= 11 is 0. The second-order valence-electron chi connectivity index (χ2n) is 22.4. The van der Waals surface area contributed by atoms with Gasteiger partial charge < -0.3 is 14.2 Å². The van der Waals surface area contributed by atoms with Crippen LogP contribution in [0.3, 0.4) is 0 Å². The smallest absolute Gasteiger partial charge is 0.306 e. The highest BCUT2D eigenvalue weighted by Crippen LogP contribution is 2.18. The molecule has 0 saturated carbocycles. The number of allylic oxidation sites excluding steroid dienone is 14. The predicted octanol–water partition coefficient (Wildman–Crippen LogP) is 23.1. The number of rotatable bonds is 61. The molecule has 0 heterocycles. The molecule has 0 aliphatic carbocycles. The van der Waals surface area contributed by atoms with E-state index in [1.54, 1.807) is 0 Å². The van der Waals surface area contributed by atoms with Crippen molar-refractivity contribution < 1.29 is 28.6 Å². The maximum atomic E-state index is 12.9. The predicted molar refractivity (Wildman–Crippen MR) is 339 cm³/mol. The van der Waals surface area contributed by atoms with Crippen molar-refractivity contribution in [3.63, 3.8) is 0 Å². The molecule has 0 amide bonds. The zero-order valence-electron chi connectivity index (χ0n) is 51.7. The molecule has 0 aromatic rings. The highest BCUT2D eigenvalue weighted by molar-refractivity contribution is 5.71. The van der Waals surface area contributed by atoms with E-state index in [0.717, 1.165) is 89.9 Å². The fourth-order valence-corrected chi connectivity index (χ4v) is 9.67. The number of hydrogen-bond acceptors (Lipinski definition) is 6. The van der Waals surface area contributed by atoms with Gasteiger partial charge in [0.1, 0.15) is 13.2 Å². The number of ether oxygens (including phenoxy) is 3. The van der Waals surface area contributed by atoms with Gasteiger partial charge in [-0.25, -0.2) is 0 Å². The molecular formula is C72H126O6. The molecule has 78 heavy (non-hydrogen) atoms. The van der Waals surface area contributed by atoms with E-state index in [-0.39, 0.29) is 37.5 Å². The largest absolute Gasteiger partial charge is 0.462 e. The maximum Gasteiger partial charge on any atom is 0.306 e. The molecule has 0 rings (SSSR count). The molecule has 1 unspecified atom stereocenters. The van der Waals surface area contributed by atoms with Gasteiger partial charge in [0.05, 0.1) is 0 Å². The minimum atomic E-state index is -0.805. The quantitative estimate of drug-likeness (QED) is 0.0261. The Hall–Kier alpha value is -3.41. The SMILES string of the molecule is CC/C=C\C/C=C\C/C=C\C/C=C\C/C=C\C/C=C\C/C=C\CCCC(=O)OC(COC(=O)CCCCCCCCCCCC)COC(=O)CCCCCCCCCCCCCCCCCCCCCCCCCCCCC. The standard InChI is InChI=1S/C72H126O6/c1-4-7-10-13-16-19-22-24-26-28-30-32-34-35-36-37-39-40-42-44-46-48-50-53-56-59-62-65-71(74)77-68-69(67-76-70(73)64-61-58-55-52-21-18-15-12-9-6-3)78-72(75)66-63-60-57-54-51-49-47-45-43-41-38-33-31-29-27-25-23-20-17-14-11-8-5-2/h8,11,17,20,25,27,31,33,41,43,47,49,54,57,69H,4-7,9-10,12-16,18-19,21-24,26,28-30,32,34-40,42,44-46,48,50-53,55-56,58-68H2,1-3H3/b11-8-,20-17-,27-25-,33-31-,43-41-,49-47-,57-54-. The first kappa shape index (κ1) is 74.6. The monoisotopic (exact) mass is 1090 g/mol. The third-order valence-corrected chi connectivity index (χ3v) is 14.7. The third kappa shape index (κ3) is 63.4. The summed E-state index contributed by atoms with van der Waals surface area (Å²) in [5.74, 6) is -0.943. The zero-order valence-corrected chi connectivity index (χ0v) is 51.7. The van der Waals surface area contributed by atoms with Crippen molar-refractivity contribution >= 4 is 17.9 Å². The molecule has 1 atom stereocenters. The molecule has 0 aliphatic heterocycles. The lowest BCUT2D eigenvalue weighted by Gasteiger charge is -2.18. The molecule has 6 nitrogen and oxygen atoms in total. The summed E-state index contributed by atoms with van der Waals surface area (Å²) in [7, 11) is 0. The van der Waals surface area contributed by atoms with Crippen molar-refractivity contribution in [2.45, 2.75) is 341 Å². The summed E-state index contributed by atoms with van der Waals surface area (Å²) in [5.41, 5.74) is 0. The highest BCUT2D eigenvalue weighted by atomic mass is 16.6. The van der Waals surface area contributed by atoms with Gasteiger partial charge in [0.25, 0.3) is 0 Å². The lowest BCUT2D eigenvalue weighted by atomic mass is 10.0. The average molecular weight is 1090 g/mol. The fraction of sp³-hybridized carbons (Fsp3) is 0.764. The van der Waals surface area contributed by atoms with E-state index in [1.807, 2.05) is 0 Å². The van der Waals surface area contributed by atoms with Crippen molar-refractivity contribution in [3.05, 3.63) is 85.1 Å². The Bertz CT molecular complexity index is 1480. The molecule has 0 spiro atoms. The normalized spacial score (nSPS) is 12.6. The lowest BCUT2D eigenvalue weighted by Crippen LogP contribution is -2.30. The van der Waals surface area contributed by atoms with Crippen LogP contribution < -0.4 is 0 Å². The van der Waals surface area contributed by atoms with E-state index in [1.165, 1.54) is 199 Å². The molecule has 0 saturated heterocycles. The van der Waals surface area contributed by atoms with E-state index < -0.39 is 6.10 Å². The maximum absolute atomic E-state index is 12.9. The van der Waals surface area contributed by atoms with Crippen LogP contribution in [0.25, 0.3) is 0 Å². The average Bonchev–Trinajstić information content (AvgIpc) is 3.44. The van der Waals surface area contributed by atoms with Crippen LogP contribution in [-0.4, -0.2) is 37.2 Å². The molecule has 0 radical (unpaired) electrons. The van der Waals surface area contributed by atoms with E-state index in [0.29, 0.717) is 19.3 Å². The first-order valence-corrected chi connectivity index (χ1v) is 33.6. The van der Waals surface area contributed by atoms with Crippen LogP contribution in [0.4, 0.5) is 0 Å². The summed E-state index contributed by atoms with van der Waals surface area (Å²) < 4.78 is 16.9. The Balaban J connectivity index is 4.27. The van der Waals surface area contributed by atoms with E-state index in [9.17, 15) is 14.4 Å². The molecule has 0 bridgehead atoms. The van der Waals surface area contributed by atoms with Gasteiger partial charge in [-0.1, -0.05) is 331 Å². The molecule has 0 fully saturated rings. The van der Waals surface area contributed by atoms with Gasteiger partial charge in [0.2, 0.25) is 0 Å². The first-order valence-electron chi connectivity index (χ1n) is 33.6. The lowest BCUT2D eigenvalue weighted by molar-refractivity contribution is -0.167. The van der Waals surface area contributed by atoms with E-state index in [4.69, 9.17) is 14.2 Å². The van der Waals surface area contributed by atoms with Crippen LogP contribution in [0.5, 0.6) is 0 Å². The van der Waals surface area contributed by atoms with Gasteiger partial charge in [-0.15, -0.1) is 0 Å². The van der Waals surface area contributed by atoms with E-state index >= 15 is 0 Å². The number of carbonyl (C=O) groups is 3.